The minimum Gasteiger partial charge on any atom is -0.367 e. The molecule has 2 rings (SSSR count). The highest BCUT2D eigenvalue weighted by atomic mass is 16.1. The average molecular weight is 259 g/mol. The maximum atomic E-state index is 11.7. The van der Waals surface area contributed by atoms with Crippen molar-refractivity contribution in [2.45, 2.75) is 32.2 Å². The number of amides is 1. The van der Waals surface area contributed by atoms with Gasteiger partial charge < -0.3 is 10.6 Å². The lowest BCUT2D eigenvalue weighted by molar-refractivity contribution is 0.0957. The normalized spacial score (nSPS) is 20.7. The lowest BCUT2D eigenvalue weighted by Gasteiger charge is -2.06. The van der Waals surface area contributed by atoms with Crippen molar-refractivity contribution in [3.63, 3.8) is 0 Å². The van der Waals surface area contributed by atoms with E-state index in [1.807, 2.05) is 6.07 Å². The third-order valence-corrected chi connectivity index (χ3v) is 3.35. The molecule has 4 heteroatoms. The van der Waals surface area contributed by atoms with Crippen molar-refractivity contribution < 1.29 is 4.79 Å². The maximum absolute atomic E-state index is 11.7. The first-order valence-corrected chi connectivity index (χ1v) is 6.86. The third kappa shape index (κ3) is 3.81. The lowest BCUT2D eigenvalue weighted by atomic mass is 10.2. The molecule has 0 spiro atoms. The van der Waals surface area contributed by atoms with E-state index in [0.717, 1.165) is 11.7 Å². The number of nitrogens with zero attached hydrogens (tertiary/aromatic N) is 1. The Kier molecular flexibility index (Phi) is 4.55. The van der Waals surface area contributed by atoms with Gasteiger partial charge in [-0.15, -0.1) is 6.58 Å². The van der Waals surface area contributed by atoms with Gasteiger partial charge in [-0.25, -0.2) is 4.98 Å². The second-order valence-corrected chi connectivity index (χ2v) is 4.97. The van der Waals surface area contributed by atoms with Gasteiger partial charge >= 0.3 is 0 Å². The van der Waals surface area contributed by atoms with E-state index in [-0.39, 0.29) is 5.91 Å². The summed E-state index contributed by atoms with van der Waals surface area (Å²) < 4.78 is 0. The Labute approximate surface area is 114 Å². The standard InChI is InChI=1S/C15H21N3O/c1-3-5-11-9-13(11)18-14-7-6-12(10-17-14)15(19)16-8-4-2/h4,6-7,10-11,13H,2-3,5,8-9H2,1H3,(H,16,19)(H,17,18). The van der Waals surface area contributed by atoms with E-state index < -0.39 is 0 Å². The minimum atomic E-state index is -0.116. The third-order valence-electron chi connectivity index (χ3n) is 3.35. The molecule has 102 valence electrons. The highest BCUT2D eigenvalue weighted by molar-refractivity contribution is 5.94. The van der Waals surface area contributed by atoms with Gasteiger partial charge in [0, 0.05) is 18.8 Å². The van der Waals surface area contributed by atoms with Crippen molar-refractivity contribution in [1.82, 2.24) is 10.3 Å². The van der Waals surface area contributed by atoms with E-state index in [9.17, 15) is 4.79 Å². The van der Waals surface area contributed by atoms with E-state index >= 15 is 0 Å². The van der Waals surface area contributed by atoms with Gasteiger partial charge in [-0.2, -0.15) is 0 Å². The number of rotatable bonds is 7. The van der Waals surface area contributed by atoms with Gasteiger partial charge in [-0.1, -0.05) is 19.4 Å². The molecule has 2 unspecified atom stereocenters. The lowest BCUT2D eigenvalue weighted by Crippen LogP contribution is -2.23. The predicted molar refractivity (Wildman–Crippen MR) is 77.2 cm³/mol. The van der Waals surface area contributed by atoms with Crippen LogP contribution in [0, 0.1) is 5.92 Å². The minimum absolute atomic E-state index is 0.116. The summed E-state index contributed by atoms with van der Waals surface area (Å²) in [5, 5.41) is 6.13. The fraction of sp³-hybridized carbons (Fsp3) is 0.467. The van der Waals surface area contributed by atoms with Gasteiger partial charge in [0.05, 0.1) is 5.56 Å². The summed E-state index contributed by atoms with van der Waals surface area (Å²) in [7, 11) is 0. The Morgan fingerprint density at radius 1 is 1.58 bits per heavy atom. The van der Waals surface area contributed by atoms with Crippen molar-refractivity contribution in [1.29, 1.82) is 0 Å². The van der Waals surface area contributed by atoms with Gasteiger partial charge in [-0.05, 0) is 30.9 Å². The first-order chi connectivity index (χ1) is 9.24. The van der Waals surface area contributed by atoms with Crippen molar-refractivity contribution in [3.05, 3.63) is 36.5 Å². The van der Waals surface area contributed by atoms with Crippen LogP contribution in [0.25, 0.3) is 0 Å². The molecule has 0 aliphatic heterocycles. The topological polar surface area (TPSA) is 54.0 Å². The molecule has 1 aromatic rings. The summed E-state index contributed by atoms with van der Waals surface area (Å²) >= 11 is 0. The number of hydrogen-bond donors (Lipinski definition) is 2. The quantitative estimate of drug-likeness (QED) is 0.740. The van der Waals surface area contributed by atoms with Crippen LogP contribution in [0.15, 0.2) is 31.0 Å². The second kappa shape index (κ2) is 6.36. The van der Waals surface area contributed by atoms with E-state index in [1.165, 1.54) is 19.3 Å². The molecule has 0 radical (unpaired) electrons. The number of carbonyl (C=O) groups excluding carboxylic acids is 1. The van der Waals surface area contributed by atoms with Gasteiger partial charge in [-0.3, -0.25) is 4.79 Å². The predicted octanol–water partition coefficient (Wildman–Crippen LogP) is 2.60. The first kappa shape index (κ1) is 13.6. The summed E-state index contributed by atoms with van der Waals surface area (Å²) in [5.41, 5.74) is 0.577. The number of pyridine rings is 1. The molecule has 0 aromatic carbocycles. The fourth-order valence-electron chi connectivity index (χ4n) is 2.18. The molecule has 1 fully saturated rings. The molecule has 0 saturated heterocycles. The van der Waals surface area contributed by atoms with Gasteiger partial charge in [0.1, 0.15) is 5.82 Å². The molecule has 1 aliphatic carbocycles. The van der Waals surface area contributed by atoms with Crippen molar-refractivity contribution in [3.8, 4) is 0 Å². The van der Waals surface area contributed by atoms with Crippen molar-refractivity contribution in [2.75, 3.05) is 11.9 Å². The number of carbonyl (C=O) groups is 1. The van der Waals surface area contributed by atoms with Gasteiger partial charge in [0.2, 0.25) is 0 Å². The summed E-state index contributed by atoms with van der Waals surface area (Å²) in [6.07, 6.45) is 7.01. The first-order valence-electron chi connectivity index (χ1n) is 6.86. The molecule has 1 aliphatic rings. The van der Waals surface area contributed by atoms with Gasteiger partial charge in [0.25, 0.3) is 5.91 Å². The van der Waals surface area contributed by atoms with Crippen LogP contribution in [-0.2, 0) is 0 Å². The van der Waals surface area contributed by atoms with E-state index in [2.05, 4.69) is 29.1 Å². The molecule has 4 nitrogen and oxygen atoms in total. The smallest absolute Gasteiger partial charge is 0.253 e. The fourth-order valence-corrected chi connectivity index (χ4v) is 2.18. The molecule has 1 aromatic heterocycles. The molecule has 0 bridgehead atoms. The van der Waals surface area contributed by atoms with Crippen LogP contribution in [0.1, 0.15) is 36.5 Å². The zero-order chi connectivity index (χ0) is 13.7. The molecular weight excluding hydrogens is 238 g/mol. The Morgan fingerprint density at radius 2 is 2.42 bits per heavy atom. The summed E-state index contributed by atoms with van der Waals surface area (Å²) in [6, 6.07) is 4.22. The average Bonchev–Trinajstić information content (AvgIpc) is 3.15. The van der Waals surface area contributed by atoms with E-state index in [4.69, 9.17) is 0 Å². The van der Waals surface area contributed by atoms with Crippen LogP contribution in [-0.4, -0.2) is 23.5 Å². The summed E-state index contributed by atoms with van der Waals surface area (Å²) in [6.45, 7) is 6.25. The molecular formula is C15H21N3O. The highest BCUT2D eigenvalue weighted by Crippen LogP contribution is 2.36. The molecule has 1 amide bonds. The number of nitrogens with one attached hydrogen (secondary N) is 2. The molecule has 1 heterocycles. The monoisotopic (exact) mass is 259 g/mol. The number of hydrogen-bond acceptors (Lipinski definition) is 3. The van der Waals surface area contributed by atoms with Crippen molar-refractivity contribution >= 4 is 11.7 Å². The zero-order valence-corrected chi connectivity index (χ0v) is 11.4. The highest BCUT2D eigenvalue weighted by Gasteiger charge is 2.35. The van der Waals surface area contributed by atoms with Crippen LogP contribution in [0.4, 0.5) is 5.82 Å². The van der Waals surface area contributed by atoms with Crippen LogP contribution < -0.4 is 10.6 Å². The Balaban J connectivity index is 1.85. The van der Waals surface area contributed by atoms with Crippen LogP contribution >= 0.6 is 0 Å². The molecule has 2 N–H and O–H groups in total. The van der Waals surface area contributed by atoms with E-state index in [0.29, 0.717) is 18.2 Å². The molecule has 1 saturated carbocycles. The zero-order valence-electron chi connectivity index (χ0n) is 11.4. The largest absolute Gasteiger partial charge is 0.367 e. The van der Waals surface area contributed by atoms with Crippen LogP contribution in [0.3, 0.4) is 0 Å². The Bertz CT molecular complexity index is 441. The molecule has 19 heavy (non-hydrogen) atoms. The Hall–Kier alpha value is -1.84. The summed E-state index contributed by atoms with van der Waals surface area (Å²) in [5.74, 6) is 1.53. The van der Waals surface area contributed by atoms with Gasteiger partial charge in [0.15, 0.2) is 0 Å². The Morgan fingerprint density at radius 3 is 3.05 bits per heavy atom. The number of anilines is 1. The molecule has 2 atom stereocenters. The summed E-state index contributed by atoms with van der Waals surface area (Å²) in [4.78, 5) is 16.0. The van der Waals surface area contributed by atoms with E-state index in [1.54, 1.807) is 18.3 Å². The van der Waals surface area contributed by atoms with Crippen LogP contribution in [0.2, 0.25) is 0 Å². The SMILES string of the molecule is C=CCNC(=O)c1ccc(NC2CC2CCC)nc1. The second-order valence-electron chi connectivity index (χ2n) is 4.97. The van der Waals surface area contributed by atoms with Crippen molar-refractivity contribution in [2.24, 2.45) is 5.92 Å². The maximum Gasteiger partial charge on any atom is 0.253 e. The van der Waals surface area contributed by atoms with Crippen LogP contribution in [0.5, 0.6) is 0 Å². The number of aromatic nitrogens is 1.